The molecule has 0 aliphatic carbocycles. The van der Waals surface area contributed by atoms with Crippen LogP contribution in [0.15, 0.2) is 50.4 Å². The van der Waals surface area contributed by atoms with Gasteiger partial charge in [0.15, 0.2) is 6.10 Å². The van der Waals surface area contributed by atoms with Gasteiger partial charge in [-0.05, 0) is 50.2 Å². The van der Waals surface area contributed by atoms with E-state index in [9.17, 15) is 4.79 Å². The number of hydrogen-bond donors (Lipinski definition) is 1. The summed E-state index contributed by atoms with van der Waals surface area (Å²) in [6, 6.07) is 10.8. The zero-order chi connectivity index (χ0) is 15.2. The highest BCUT2D eigenvalue weighted by molar-refractivity contribution is 9.10. The summed E-state index contributed by atoms with van der Waals surface area (Å²) >= 11 is 3.34. The average Bonchev–Trinajstić information content (AvgIpc) is 2.87. The van der Waals surface area contributed by atoms with E-state index in [1.165, 1.54) is 6.21 Å². The van der Waals surface area contributed by atoms with Crippen LogP contribution >= 0.6 is 15.9 Å². The number of carbonyl (C=O) groups is 1. The van der Waals surface area contributed by atoms with Crippen LogP contribution in [0.3, 0.4) is 0 Å². The number of hydrazone groups is 1. The van der Waals surface area contributed by atoms with Gasteiger partial charge in [0.1, 0.15) is 17.3 Å². The third-order valence-corrected chi connectivity index (χ3v) is 3.15. The number of rotatable bonds is 5. The maximum atomic E-state index is 11.8. The molecule has 1 aromatic carbocycles. The molecule has 0 bridgehead atoms. The van der Waals surface area contributed by atoms with Crippen LogP contribution in [0.25, 0.3) is 0 Å². The van der Waals surface area contributed by atoms with Crippen molar-refractivity contribution in [2.24, 2.45) is 5.10 Å². The molecule has 21 heavy (non-hydrogen) atoms. The number of aryl methyl sites for hydroxylation is 1. The third kappa shape index (κ3) is 4.75. The van der Waals surface area contributed by atoms with Gasteiger partial charge in [-0.3, -0.25) is 4.79 Å². The van der Waals surface area contributed by atoms with Gasteiger partial charge in [-0.25, -0.2) is 5.43 Å². The molecule has 0 saturated heterocycles. The number of nitrogens with one attached hydrogen (secondary N) is 1. The quantitative estimate of drug-likeness (QED) is 0.664. The van der Waals surface area contributed by atoms with Crippen LogP contribution in [0.2, 0.25) is 0 Å². The molecule has 6 heteroatoms. The van der Waals surface area contributed by atoms with E-state index in [1.54, 1.807) is 25.1 Å². The molecular formula is C15H15BrN2O3. The van der Waals surface area contributed by atoms with E-state index in [-0.39, 0.29) is 5.91 Å². The first-order valence-electron chi connectivity index (χ1n) is 6.36. The van der Waals surface area contributed by atoms with Crippen LogP contribution in [-0.2, 0) is 4.79 Å². The second-order valence-corrected chi connectivity index (χ2v) is 5.31. The first kappa shape index (κ1) is 15.3. The lowest BCUT2D eigenvalue weighted by atomic mass is 10.3. The molecule has 1 amide bonds. The first-order valence-corrected chi connectivity index (χ1v) is 7.15. The van der Waals surface area contributed by atoms with Crippen molar-refractivity contribution in [3.63, 3.8) is 0 Å². The average molecular weight is 351 g/mol. The predicted molar refractivity (Wildman–Crippen MR) is 83.4 cm³/mol. The Morgan fingerprint density at radius 1 is 1.33 bits per heavy atom. The SMILES string of the molecule is Cc1ccc(/C=N/NC(=O)C(C)Oc2ccc(Br)cc2)o1. The lowest BCUT2D eigenvalue weighted by Gasteiger charge is -2.12. The van der Waals surface area contributed by atoms with Crippen molar-refractivity contribution in [3.8, 4) is 5.75 Å². The number of ether oxygens (including phenoxy) is 1. The first-order chi connectivity index (χ1) is 10.0. The Bertz CT molecular complexity index is 635. The molecule has 0 aliphatic rings. The summed E-state index contributed by atoms with van der Waals surface area (Å²) in [4.78, 5) is 11.8. The topological polar surface area (TPSA) is 63.8 Å². The molecule has 110 valence electrons. The number of furan rings is 1. The third-order valence-electron chi connectivity index (χ3n) is 2.62. The number of nitrogens with zero attached hydrogens (tertiary/aromatic N) is 1. The van der Waals surface area contributed by atoms with Crippen molar-refractivity contribution in [2.45, 2.75) is 20.0 Å². The highest BCUT2D eigenvalue weighted by atomic mass is 79.9. The number of benzene rings is 1. The van der Waals surface area contributed by atoms with Crippen molar-refractivity contribution in [3.05, 3.63) is 52.4 Å². The normalized spacial score (nSPS) is 12.3. The lowest BCUT2D eigenvalue weighted by Crippen LogP contribution is -2.33. The maximum absolute atomic E-state index is 11.8. The van der Waals surface area contributed by atoms with Crippen LogP contribution < -0.4 is 10.2 Å². The van der Waals surface area contributed by atoms with Gasteiger partial charge in [0.25, 0.3) is 5.91 Å². The Hall–Kier alpha value is -2.08. The number of hydrogen-bond acceptors (Lipinski definition) is 4. The Balaban J connectivity index is 1.85. The molecule has 0 radical (unpaired) electrons. The fraction of sp³-hybridized carbons (Fsp3) is 0.200. The minimum absolute atomic E-state index is 0.336. The molecule has 0 spiro atoms. The summed E-state index contributed by atoms with van der Waals surface area (Å²) in [6.07, 6.45) is 0.790. The summed E-state index contributed by atoms with van der Waals surface area (Å²) in [5.41, 5.74) is 2.41. The van der Waals surface area contributed by atoms with Crippen LogP contribution in [0.5, 0.6) is 5.75 Å². The highest BCUT2D eigenvalue weighted by Crippen LogP contribution is 2.17. The lowest BCUT2D eigenvalue weighted by molar-refractivity contribution is -0.127. The van der Waals surface area contributed by atoms with Crippen LogP contribution in [0.4, 0.5) is 0 Å². The van der Waals surface area contributed by atoms with Gasteiger partial charge in [-0.15, -0.1) is 0 Å². The van der Waals surface area contributed by atoms with E-state index >= 15 is 0 Å². The van der Waals surface area contributed by atoms with Gasteiger partial charge >= 0.3 is 0 Å². The predicted octanol–water partition coefficient (Wildman–Crippen LogP) is 3.27. The smallest absolute Gasteiger partial charge is 0.280 e. The number of carbonyl (C=O) groups excluding carboxylic acids is 1. The Kier molecular flexibility index (Phi) is 5.16. The fourth-order valence-corrected chi connectivity index (χ4v) is 1.81. The zero-order valence-electron chi connectivity index (χ0n) is 11.7. The van der Waals surface area contributed by atoms with Crippen molar-refractivity contribution >= 4 is 28.1 Å². The molecule has 0 fully saturated rings. The summed E-state index contributed by atoms with van der Waals surface area (Å²) < 4.78 is 11.8. The minimum Gasteiger partial charge on any atom is -0.481 e. The molecule has 0 aliphatic heterocycles. The summed E-state index contributed by atoms with van der Waals surface area (Å²) in [6.45, 7) is 3.49. The molecule has 5 nitrogen and oxygen atoms in total. The van der Waals surface area contributed by atoms with Gasteiger partial charge in [-0.1, -0.05) is 15.9 Å². The standard InChI is InChI=1S/C15H15BrN2O3/c1-10-3-6-14(20-10)9-17-18-15(19)11(2)21-13-7-4-12(16)5-8-13/h3-9,11H,1-2H3,(H,18,19)/b17-9+. The molecule has 1 unspecified atom stereocenters. The van der Waals surface area contributed by atoms with E-state index < -0.39 is 6.10 Å². The highest BCUT2D eigenvalue weighted by Gasteiger charge is 2.13. The molecule has 1 heterocycles. The van der Waals surface area contributed by atoms with E-state index in [1.807, 2.05) is 25.1 Å². The zero-order valence-corrected chi connectivity index (χ0v) is 13.3. The van der Waals surface area contributed by atoms with Gasteiger partial charge in [0, 0.05) is 4.47 Å². The van der Waals surface area contributed by atoms with Crippen molar-refractivity contribution in [1.82, 2.24) is 5.43 Å². The van der Waals surface area contributed by atoms with Gasteiger partial charge < -0.3 is 9.15 Å². The molecular weight excluding hydrogens is 336 g/mol. The monoisotopic (exact) mass is 350 g/mol. The van der Waals surface area contributed by atoms with Crippen molar-refractivity contribution in [2.75, 3.05) is 0 Å². The van der Waals surface area contributed by atoms with E-state index in [2.05, 4.69) is 26.5 Å². The molecule has 1 N–H and O–H groups in total. The summed E-state index contributed by atoms with van der Waals surface area (Å²) in [7, 11) is 0. The molecule has 1 aromatic heterocycles. The molecule has 2 aromatic rings. The van der Waals surface area contributed by atoms with Crippen molar-refractivity contribution < 1.29 is 13.9 Å². The molecule has 2 rings (SSSR count). The van der Waals surface area contributed by atoms with Gasteiger partial charge in [0.2, 0.25) is 0 Å². The van der Waals surface area contributed by atoms with E-state index in [0.717, 1.165) is 10.2 Å². The Morgan fingerprint density at radius 2 is 2.05 bits per heavy atom. The van der Waals surface area contributed by atoms with Crippen LogP contribution in [0.1, 0.15) is 18.4 Å². The Morgan fingerprint density at radius 3 is 2.67 bits per heavy atom. The van der Waals surface area contributed by atoms with E-state index in [0.29, 0.717) is 11.5 Å². The summed E-state index contributed by atoms with van der Waals surface area (Å²) in [5, 5.41) is 3.83. The number of halogens is 1. The molecule has 1 atom stereocenters. The second kappa shape index (κ2) is 7.08. The molecule has 0 saturated carbocycles. The van der Waals surface area contributed by atoms with Crippen LogP contribution in [0, 0.1) is 6.92 Å². The largest absolute Gasteiger partial charge is 0.481 e. The fourth-order valence-electron chi connectivity index (χ4n) is 1.54. The van der Waals surface area contributed by atoms with Crippen molar-refractivity contribution in [1.29, 1.82) is 0 Å². The van der Waals surface area contributed by atoms with Gasteiger partial charge in [-0.2, -0.15) is 5.10 Å². The second-order valence-electron chi connectivity index (χ2n) is 4.40. The minimum atomic E-state index is -0.651. The number of amides is 1. The maximum Gasteiger partial charge on any atom is 0.280 e. The van der Waals surface area contributed by atoms with Crippen LogP contribution in [-0.4, -0.2) is 18.2 Å². The van der Waals surface area contributed by atoms with E-state index in [4.69, 9.17) is 9.15 Å². The Labute approximate surface area is 131 Å². The van der Waals surface area contributed by atoms with Gasteiger partial charge in [0.05, 0.1) is 6.21 Å². The summed E-state index contributed by atoms with van der Waals surface area (Å²) in [5.74, 6) is 1.65.